The molecule has 2 rings (SSSR count). The number of benzene rings is 2. The Morgan fingerprint density at radius 3 is 1.28 bits per heavy atom. The summed E-state index contributed by atoms with van der Waals surface area (Å²) in [5.41, 5.74) is 1.32. The number of rotatable bonds is 4. The average Bonchev–Trinajstić information content (AvgIpc) is 2.54. The molecule has 0 heterocycles. The van der Waals surface area contributed by atoms with Crippen LogP contribution in [-0.2, 0) is 16.5 Å². The smallest absolute Gasteiger partial charge is 0.872 e. The van der Waals surface area contributed by atoms with Crippen LogP contribution in [0.25, 0.3) is 0 Å². The molecule has 0 aromatic heterocycles. The number of hydrogen-bond acceptors (Lipinski definition) is 4. The molecule has 2 aromatic carbocycles. The van der Waals surface area contributed by atoms with Gasteiger partial charge in [-0.1, -0.05) is 48.5 Å². The molecule has 0 saturated heterocycles. The molecule has 0 aliphatic carbocycles. The van der Waals surface area contributed by atoms with Crippen LogP contribution < -0.4 is 10.2 Å². The third-order valence-electron chi connectivity index (χ3n) is 2.86. The normalized spacial score (nSPS) is 10.8. The second-order valence-electron chi connectivity index (χ2n) is 5.82. The molecule has 25 heavy (non-hydrogen) atoms. The Hall–Kier alpha value is -2.13. The summed E-state index contributed by atoms with van der Waals surface area (Å²) in [6.45, 7) is 7.90. The molecule has 136 valence electrons. The zero-order valence-electron chi connectivity index (χ0n) is 15.0. The van der Waals surface area contributed by atoms with Gasteiger partial charge in [-0.05, 0) is 38.8 Å². The number of hydrogen-bond donors (Lipinski definition) is 0. The monoisotopic (exact) mass is 382 g/mol. The second-order valence-corrected chi connectivity index (χ2v) is 5.82. The molecule has 0 amide bonds. The van der Waals surface area contributed by atoms with Gasteiger partial charge in [-0.15, -0.1) is 11.5 Å². The minimum absolute atomic E-state index is 0. The van der Waals surface area contributed by atoms with E-state index < -0.39 is 0 Å². The molecule has 0 radical (unpaired) electrons. The Morgan fingerprint density at radius 2 is 1.00 bits per heavy atom. The third kappa shape index (κ3) is 9.68. The Labute approximate surface area is 160 Å². The quantitative estimate of drug-likeness (QED) is 0.601. The fourth-order valence-electron chi connectivity index (χ4n) is 1.63. The molecule has 0 unspecified atom stereocenters. The summed E-state index contributed by atoms with van der Waals surface area (Å²) in [7, 11) is 0. The summed E-state index contributed by atoms with van der Waals surface area (Å²) >= 11 is 0. The van der Waals surface area contributed by atoms with Crippen molar-refractivity contribution in [2.45, 2.75) is 39.8 Å². The summed E-state index contributed by atoms with van der Waals surface area (Å²) in [6.07, 6.45) is 3.26. The van der Waals surface area contributed by atoms with E-state index in [1.807, 2.05) is 39.8 Å². The first-order valence-corrected chi connectivity index (χ1v) is 7.98. The van der Waals surface area contributed by atoms with E-state index in [0.717, 1.165) is 0 Å². The molecule has 0 spiro atoms. The van der Waals surface area contributed by atoms with E-state index in [-0.39, 0.29) is 40.1 Å². The fourth-order valence-corrected chi connectivity index (χ4v) is 1.63. The van der Waals surface area contributed by atoms with Crippen LogP contribution in [0.5, 0.6) is 11.5 Å². The van der Waals surface area contributed by atoms with Crippen molar-refractivity contribution in [1.29, 1.82) is 0 Å². The Bertz CT molecular complexity index is 623. The fraction of sp³-hybridized carbons (Fsp3) is 0.300. The molecular formula is C20H24N2NiO2. The van der Waals surface area contributed by atoms with Crippen molar-refractivity contribution in [2.75, 3.05) is 0 Å². The third-order valence-corrected chi connectivity index (χ3v) is 2.86. The largest absolute Gasteiger partial charge is 2.00 e. The van der Waals surface area contributed by atoms with Crippen molar-refractivity contribution in [3.05, 3.63) is 59.7 Å². The van der Waals surface area contributed by atoms with E-state index in [1.54, 1.807) is 48.8 Å². The second kappa shape index (κ2) is 12.3. The number of nitrogens with zero attached hydrogens (tertiary/aromatic N) is 2. The average molecular weight is 383 g/mol. The first kappa shape index (κ1) is 22.9. The predicted molar refractivity (Wildman–Crippen MR) is 97.2 cm³/mol. The number of aliphatic imine (C=N–C) groups is 2. The van der Waals surface area contributed by atoms with Crippen LogP contribution in [0, 0.1) is 0 Å². The Balaban J connectivity index is 0.000000443. The molecule has 0 aliphatic heterocycles. The molecule has 0 fully saturated rings. The summed E-state index contributed by atoms with van der Waals surface area (Å²) in [6, 6.07) is 14.2. The standard InChI is InChI=1S/2C10H13NO.Ni/c2*1-8(2)11-7-9-5-3-4-6-10(9)12;/h2*3-8,12H,1-2H3;/q;;+2/p-2. The molecule has 4 nitrogen and oxygen atoms in total. The van der Waals surface area contributed by atoms with E-state index in [9.17, 15) is 10.2 Å². The molecular weight excluding hydrogens is 359 g/mol. The van der Waals surface area contributed by atoms with Gasteiger partial charge in [-0.2, -0.15) is 0 Å². The van der Waals surface area contributed by atoms with Crippen molar-refractivity contribution >= 4 is 12.4 Å². The van der Waals surface area contributed by atoms with Crippen molar-refractivity contribution in [2.24, 2.45) is 9.98 Å². The van der Waals surface area contributed by atoms with Crippen molar-refractivity contribution in [3.8, 4) is 11.5 Å². The maximum Gasteiger partial charge on any atom is 2.00 e. The van der Waals surface area contributed by atoms with Crippen LogP contribution in [0.2, 0.25) is 0 Å². The van der Waals surface area contributed by atoms with Crippen LogP contribution in [0.4, 0.5) is 0 Å². The molecule has 0 aliphatic rings. The van der Waals surface area contributed by atoms with Crippen molar-refractivity contribution < 1.29 is 26.7 Å². The Kier molecular flexibility index (Phi) is 11.2. The van der Waals surface area contributed by atoms with Crippen LogP contribution in [0.15, 0.2) is 58.5 Å². The van der Waals surface area contributed by atoms with E-state index >= 15 is 0 Å². The molecule has 0 saturated carbocycles. The van der Waals surface area contributed by atoms with E-state index in [0.29, 0.717) is 11.1 Å². The topological polar surface area (TPSA) is 70.8 Å². The van der Waals surface area contributed by atoms with Gasteiger partial charge in [-0.3, -0.25) is 9.98 Å². The number of para-hydroxylation sites is 2. The summed E-state index contributed by atoms with van der Waals surface area (Å²) < 4.78 is 0. The summed E-state index contributed by atoms with van der Waals surface area (Å²) in [5, 5.41) is 22.3. The van der Waals surface area contributed by atoms with E-state index in [1.165, 1.54) is 0 Å². The molecule has 5 heteroatoms. The molecule has 0 bridgehead atoms. The van der Waals surface area contributed by atoms with Gasteiger partial charge in [0.25, 0.3) is 0 Å². The van der Waals surface area contributed by atoms with Gasteiger partial charge in [0.2, 0.25) is 0 Å². The maximum atomic E-state index is 11.1. The van der Waals surface area contributed by atoms with Gasteiger partial charge in [0.05, 0.1) is 0 Å². The molecule has 2 aromatic rings. The van der Waals surface area contributed by atoms with Crippen LogP contribution in [-0.4, -0.2) is 24.5 Å². The zero-order valence-corrected chi connectivity index (χ0v) is 15.9. The van der Waals surface area contributed by atoms with Gasteiger partial charge in [0.15, 0.2) is 0 Å². The summed E-state index contributed by atoms with van der Waals surface area (Å²) in [5.74, 6) is 0.0591. The predicted octanol–water partition coefficient (Wildman–Crippen LogP) is 3.17. The van der Waals surface area contributed by atoms with Gasteiger partial charge < -0.3 is 10.2 Å². The first-order chi connectivity index (χ1) is 11.4. The Morgan fingerprint density at radius 1 is 0.680 bits per heavy atom. The molecule has 0 N–H and O–H groups in total. The van der Waals surface area contributed by atoms with Crippen molar-refractivity contribution in [3.63, 3.8) is 0 Å². The van der Waals surface area contributed by atoms with Crippen LogP contribution >= 0.6 is 0 Å². The van der Waals surface area contributed by atoms with Gasteiger partial charge in [0.1, 0.15) is 0 Å². The SMILES string of the molecule is CC(C)N=Cc1ccccc1[O-].CC(C)N=Cc1ccccc1[O-].[Ni+2]. The van der Waals surface area contributed by atoms with Crippen molar-refractivity contribution in [1.82, 2.24) is 0 Å². The molecule has 0 atom stereocenters. The summed E-state index contributed by atoms with van der Waals surface area (Å²) in [4.78, 5) is 8.26. The van der Waals surface area contributed by atoms with E-state index in [4.69, 9.17) is 0 Å². The van der Waals surface area contributed by atoms with Crippen LogP contribution in [0.1, 0.15) is 38.8 Å². The zero-order chi connectivity index (χ0) is 17.9. The minimum Gasteiger partial charge on any atom is -0.872 e. The van der Waals surface area contributed by atoms with Gasteiger partial charge >= 0.3 is 16.5 Å². The van der Waals surface area contributed by atoms with Gasteiger partial charge in [0, 0.05) is 24.5 Å². The van der Waals surface area contributed by atoms with Gasteiger partial charge in [-0.25, -0.2) is 0 Å². The first-order valence-electron chi connectivity index (χ1n) is 7.98. The van der Waals surface area contributed by atoms with Crippen LogP contribution in [0.3, 0.4) is 0 Å². The maximum absolute atomic E-state index is 11.1. The van der Waals surface area contributed by atoms with E-state index in [2.05, 4.69) is 9.98 Å². The minimum atomic E-state index is 0.